The van der Waals surface area contributed by atoms with Crippen molar-refractivity contribution < 1.29 is 9.53 Å². The number of rotatable bonds is 4. The van der Waals surface area contributed by atoms with Crippen molar-refractivity contribution in [2.75, 3.05) is 7.11 Å². The van der Waals surface area contributed by atoms with Gasteiger partial charge in [-0.1, -0.05) is 6.07 Å². The van der Waals surface area contributed by atoms with E-state index in [4.69, 9.17) is 4.74 Å². The van der Waals surface area contributed by atoms with E-state index < -0.39 is 0 Å². The lowest BCUT2D eigenvalue weighted by atomic mass is 10.1. The van der Waals surface area contributed by atoms with E-state index in [9.17, 15) is 4.79 Å². The van der Waals surface area contributed by atoms with Crippen LogP contribution in [0.4, 0.5) is 0 Å². The molecule has 5 heteroatoms. The van der Waals surface area contributed by atoms with E-state index in [1.165, 1.54) is 0 Å². The number of ether oxygens (including phenoxy) is 1. The maximum absolute atomic E-state index is 11.9. The van der Waals surface area contributed by atoms with Gasteiger partial charge < -0.3 is 4.74 Å². The van der Waals surface area contributed by atoms with E-state index in [1.807, 2.05) is 6.07 Å². The lowest BCUT2D eigenvalue weighted by Crippen LogP contribution is -2.09. The Kier molecular flexibility index (Phi) is 3.18. The third kappa shape index (κ3) is 2.50. The molecule has 0 radical (unpaired) electrons. The molecule has 2 heterocycles. The molecule has 0 saturated carbocycles. The molecule has 0 aliphatic rings. The minimum Gasteiger partial charge on any atom is -0.481 e. The third-order valence-corrected chi connectivity index (χ3v) is 2.48. The quantitative estimate of drug-likeness (QED) is 0.743. The first-order valence-corrected chi connectivity index (χ1v) is 5.21. The lowest BCUT2D eigenvalue weighted by Gasteiger charge is -2.02. The number of pyridine rings is 1. The van der Waals surface area contributed by atoms with Gasteiger partial charge in [0, 0.05) is 31.9 Å². The summed E-state index contributed by atoms with van der Waals surface area (Å²) in [5, 5.41) is 3.97. The summed E-state index contributed by atoms with van der Waals surface area (Å²) in [6, 6.07) is 5.28. The van der Waals surface area contributed by atoms with Crippen molar-refractivity contribution in [2.45, 2.75) is 6.42 Å². The second kappa shape index (κ2) is 4.78. The second-order valence-corrected chi connectivity index (χ2v) is 3.65. The van der Waals surface area contributed by atoms with Gasteiger partial charge in [0.1, 0.15) is 5.69 Å². The molecule has 88 valence electrons. The molecule has 17 heavy (non-hydrogen) atoms. The van der Waals surface area contributed by atoms with Crippen LogP contribution in [-0.4, -0.2) is 27.7 Å². The molecule has 0 aromatic carbocycles. The van der Waals surface area contributed by atoms with Crippen molar-refractivity contribution >= 4 is 5.78 Å². The van der Waals surface area contributed by atoms with Gasteiger partial charge in [-0.3, -0.25) is 9.48 Å². The van der Waals surface area contributed by atoms with Gasteiger partial charge in [0.05, 0.1) is 7.11 Å². The first-order valence-electron chi connectivity index (χ1n) is 5.21. The number of aromatic nitrogens is 3. The van der Waals surface area contributed by atoms with Crippen molar-refractivity contribution in [1.82, 2.24) is 14.8 Å². The Morgan fingerprint density at radius 3 is 2.76 bits per heavy atom. The molecule has 0 aliphatic carbocycles. The molecule has 0 bridgehead atoms. The summed E-state index contributed by atoms with van der Waals surface area (Å²) in [6.07, 6.45) is 3.57. The monoisotopic (exact) mass is 231 g/mol. The standard InChI is InChI=1S/C12H13N3O2/c1-15-10(5-6-14-15)11(16)7-9-3-4-12(17-2)13-8-9/h3-6,8H,7H2,1-2H3. The highest BCUT2D eigenvalue weighted by Gasteiger charge is 2.10. The van der Waals surface area contributed by atoms with Crippen LogP contribution in [0.1, 0.15) is 16.1 Å². The average molecular weight is 231 g/mol. The highest BCUT2D eigenvalue weighted by atomic mass is 16.5. The van der Waals surface area contributed by atoms with Crippen LogP contribution in [0.25, 0.3) is 0 Å². The number of carbonyl (C=O) groups excluding carboxylic acids is 1. The Morgan fingerprint density at radius 1 is 1.41 bits per heavy atom. The van der Waals surface area contributed by atoms with Crippen LogP contribution in [0.15, 0.2) is 30.6 Å². The van der Waals surface area contributed by atoms with Gasteiger partial charge in [-0.2, -0.15) is 5.10 Å². The summed E-state index contributed by atoms with van der Waals surface area (Å²) in [7, 11) is 3.31. The maximum atomic E-state index is 11.9. The Labute approximate surface area is 99.1 Å². The number of Topliss-reactive ketones (excluding diaryl/α,β-unsaturated/α-hetero) is 1. The summed E-state index contributed by atoms with van der Waals surface area (Å²) in [6.45, 7) is 0. The van der Waals surface area contributed by atoms with Gasteiger partial charge in [0.15, 0.2) is 5.78 Å². The Hall–Kier alpha value is -2.17. The topological polar surface area (TPSA) is 57.0 Å². The molecule has 0 saturated heterocycles. The van der Waals surface area contributed by atoms with E-state index in [2.05, 4.69) is 10.1 Å². The van der Waals surface area contributed by atoms with E-state index in [0.717, 1.165) is 5.56 Å². The van der Waals surface area contributed by atoms with E-state index in [0.29, 0.717) is 18.0 Å². The summed E-state index contributed by atoms with van der Waals surface area (Å²) in [5.41, 5.74) is 1.46. The lowest BCUT2D eigenvalue weighted by molar-refractivity contribution is 0.0984. The first kappa shape index (κ1) is 11.3. The number of carbonyl (C=O) groups is 1. The summed E-state index contributed by atoms with van der Waals surface area (Å²) >= 11 is 0. The molecule has 0 aliphatic heterocycles. The zero-order valence-corrected chi connectivity index (χ0v) is 9.75. The second-order valence-electron chi connectivity index (χ2n) is 3.65. The Balaban J connectivity index is 2.10. The number of aryl methyl sites for hydroxylation is 1. The number of methoxy groups -OCH3 is 1. The Bertz CT molecular complexity index is 517. The molecule has 2 aromatic rings. The van der Waals surface area contributed by atoms with Crippen molar-refractivity contribution in [3.05, 3.63) is 41.9 Å². The minimum absolute atomic E-state index is 0.0250. The van der Waals surface area contributed by atoms with Crippen LogP contribution in [0.5, 0.6) is 5.88 Å². The number of hydrogen-bond donors (Lipinski definition) is 0. The fourth-order valence-electron chi connectivity index (χ4n) is 1.56. The highest BCUT2D eigenvalue weighted by Crippen LogP contribution is 2.09. The number of nitrogens with zero attached hydrogens (tertiary/aromatic N) is 3. The van der Waals surface area contributed by atoms with Crippen LogP contribution >= 0.6 is 0 Å². The van der Waals surface area contributed by atoms with Crippen LogP contribution in [0.2, 0.25) is 0 Å². The maximum Gasteiger partial charge on any atom is 0.212 e. The third-order valence-electron chi connectivity index (χ3n) is 2.48. The van der Waals surface area contributed by atoms with Crippen LogP contribution < -0.4 is 4.74 Å². The smallest absolute Gasteiger partial charge is 0.212 e. The molecular weight excluding hydrogens is 218 g/mol. The van der Waals surface area contributed by atoms with Crippen molar-refractivity contribution in [1.29, 1.82) is 0 Å². The molecule has 0 amide bonds. The molecule has 2 rings (SSSR count). The fraction of sp³-hybridized carbons (Fsp3) is 0.250. The summed E-state index contributed by atoms with van der Waals surface area (Å²) in [4.78, 5) is 16.0. The van der Waals surface area contributed by atoms with Crippen molar-refractivity contribution in [3.63, 3.8) is 0 Å². The zero-order chi connectivity index (χ0) is 12.3. The van der Waals surface area contributed by atoms with Crippen molar-refractivity contribution in [3.8, 4) is 5.88 Å². The van der Waals surface area contributed by atoms with Crippen molar-refractivity contribution in [2.24, 2.45) is 7.05 Å². The molecule has 0 fully saturated rings. The van der Waals surface area contributed by atoms with Crippen LogP contribution in [0, 0.1) is 0 Å². The predicted molar refractivity (Wildman–Crippen MR) is 62.0 cm³/mol. The number of hydrogen-bond acceptors (Lipinski definition) is 4. The molecule has 0 spiro atoms. The van der Waals surface area contributed by atoms with Gasteiger partial charge in [-0.25, -0.2) is 4.98 Å². The Morgan fingerprint density at radius 2 is 2.24 bits per heavy atom. The summed E-state index contributed by atoms with van der Waals surface area (Å²) < 4.78 is 6.52. The van der Waals surface area contributed by atoms with Crippen LogP contribution in [0.3, 0.4) is 0 Å². The highest BCUT2D eigenvalue weighted by molar-refractivity contribution is 5.95. The van der Waals surface area contributed by atoms with E-state index >= 15 is 0 Å². The van der Waals surface area contributed by atoms with Crippen LogP contribution in [-0.2, 0) is 13.5 Å². The van der Waals surface area contributed by atoms with Gasteiger partial charge in [0.2, 0.25) is 5.88 Å². The van der Waals surface area contributed by atoms with Gasteiger partial charge >= 0.3 is 0 Å². The molecule has 5 nitrogen and oxygen atoms in total. The number of ketones is 1. The predicted octanol–water partition coefficient (Wildman–Crippen LogP) is 1.25. The molecule has 2 aromatic heterocycles. The average Bonchev–Trinajstić information content (AvgIpc) is 2.76. The van der Waals surface area contributed by atoms with Gasteiger partial charge in [-0.05, 0) is 11.6 Å². The molecule has 0 atom stereocenters. The van der Waals surface area contributed by atoms with E-state index in [1.54, 1.807) is 43.4 Å². The molecule has 0 N–H and O–H groups in total. The molecule has 0 unspecified atom stereocenters. The van der Waals surface area contributed by atoms with Gasteiger partial charge in [-0.15, -0.1) is 0 Å². The normalized spacial score (nSPS) is 10.2. The largest absolute Gasteiger partial charge is 0.481 e. The SMILES string of the molecule is COc1ccc(CC(=O)c2ccnn2C)cn1. The van der Waals surface area contributed by atoms with E-state index in [-0.39, 0.29) is 5.78 Å². The summed E-state index contributed by atoms with van der Waals surface area (Å²) in [5.74, 6) is 0.568. The zero-order valence-electron chi connectivity index (χ0n) is 9.75. The molecular formula is C12H13N3O2. The van der Waals surface area contributed by atoms with Gasteiger partial charge in [0.25, 0.3) is 0 Å². The fourth-order valence-corrected chi connectivity index (χ4v) is 1.56. The minimum atomic E-state index is 0.0250. The first-order chi connectivity index (χ1) is 8.20.